The number of hydrogen-bond acceptors (Lipinski definition) is 5. The van der Waals surface area contributed by atoms with E-state index in [4.69, 9.17) is 0 Å². The van der Waals surface area contributed by atoms with Crippen LogP contribution in [0.1, 0.15) is 47.6 Å². The number of piperidine rings is 1. The second-order valence-electron chi connectivity index (χ2n) is 9.79. The zero-order valence-electron chi connectivity index (χ0n) is 19.7. The second kappa shape index (κ2) is 9.58. The highest BCUT2D eigenvalue weighted by atomic mass is 32.1. The van der Waals surface area contributed by atoms with Gasteiger partial charge in [-0.25, -0.2) is 4.98 Å². The molecule has 2 amide bonds. The topological polar surface area (TPSA) is 65.5 Å². The number of carbonyl (C=O) groups excluding carboxylic acids is 2. The molecule has 1 aliphatic rings. The summed E-state index contributed by atoms with van der Waals surface area (Å²) in [5.41, 5.74) is -0.366. The van der Waals surface area contributed by atoms with Gasteiger partial charge >= 0.3 is 6.18 Å². The van der Waals surface area contributed by atoms with Crippen LogP contribution in [0.15, 0.2) is 12.1 Å². The summed E-state index contributed by atoms with van der Waals surface area (Å²) >= 11 is 0.993. The maximum Gasteiger partial charge on any atom is 0.433 e. The third-order valence-electron chi connectivity index (χ3n) is 5.93. The Labute approximate surface area is 196 Å². The number of amides is 2. The molecule has 1 N–H and O–H groups in total. The number of rotatable bonds is 6. The Kier molecular flexibility index (Phi) is 7.38. The molecule has 1 saturated heterocycles. The number of likely N-dealkylation sites (tertiary alicyclic amines) is 1. The Balaban J connectivity index is 1.62. The first-order chi connectivity index (χ1) is 15.3. The second-order valence-corrected chi connectivity index (χ2v) is 10.8. The normalized spacial score (nSPS) is 16.0. The average Bonchev–Trinajstić information content (AvgIpc) is 3.06. The summed E-state index contributed by atoms with van der Waals surface area (Å²) in [6.07, 6.45) is -3.40. The molecular weight excluding hydrogens is 453 g/mol. The molecule has 0 aromatic carbocycles. The lowest BCUT2D eigenvalue weighted by Gasteiger charge is -2.33. The zero-order valence-corrected chi connectivity index (χ0v) is 20.5. The highest BCUT2D eigenvalue weighted by molar-refractivity contribution is 7.20. The Morgan fingerprint density at radius 3 is 2.42 bits per heavy atom. The van der Waals surface area contributed by atoms with Gasteiger partial charge in [0.05, 0.1) is 4.88 Å². The summed E-state index contributed by atoms with van der Waals surface area (Å²) in [6.45, 7) is 8.25. The Morgan fingerprint density at radius 2 is 1.85 bits per heavy atom. The van der Waals surface area contributed by atoms with Crippen molar-refractivity contribution >= 4 is 33.4 Å². The van der Waals surface area contributed by atoms with Crippen LogP contribution in [-0.4, -0.2) is 66.9 Å². The van der Waals surface area contributed by atoms with Gasteiger partial charge in [-0.15, -0.1) is 11.3 Å². The predicted molar refractivity (Wildman–Crippen MR) is 123 cm³/mol. The first-order valence-electron chi connectivity index (χ1n) is 11.0. The number of nitrogens with zero attached hydrogens (tertiary/aromatic N) is 3. The third-order valence-corrected chi connectivity index (χ3v) is 7.12. The van der Waals surface area contributed by atoms with E-state index in [2.05, 4.69) is 29.0 Å². The van der Waals surface area contributed by atoms with Crippen LogP contribution in [0.2, 0.25) is 0 Å². The van der Waals surface area contributed by atoms with Gasteiger partial charge in [0.15, 0.2) is 0 Å². The minimum atomic E-state index is -4.53. The maximum absolute atomic E-state index is 13.1. The summed E-state index contributed by atoms with van der Waals surface area (Å²) < 4.78 is 38.9. The van der Waals surface area contributed by atoms with Crippen LogP contribution < -0.4 is 5.32 Å². The number of alkyl halides is 3. The molecule has 0 unspecified atom stereocenters. The van der Waals surface area contributed by atoms with Crippen LogP contribution in [0.4, 0.5) is 13.2 Å². The molecule has 0 atom stereocenters. The van der Waals surface area contributed by atoms with Gasteiger partial charge in [0, 0.05) is 37.5 Å². The van der Waals surface area contributed by atoms with Crippen molar-refractivity contribution in [2.45, 2.75) is 39.8 Å². The number of fused-ring (bicyclic) bond motifs is 1. The number of halogens is 3. The van der Waals surface area contributed by atoms with Gasteiger partial charge in [0.1, 0.15) is 10.5 Å². The van der Waals surface area contributed by atoms with Crippen molar-refractivity contribution < 1.29 is 22.8 Å². The minimum absolute atomic E-state index is 0.0100. The molecule has 2 aromatic heterocycles. The van der Waals surface area contributed by atoms with Crippen molar-refractivity contribution in [3.63, 3.8) is 0 Å². The van der Waals surface area contributed by atoms with Crippen molar-refractivity contribution in [3.8, 4) is 0 Å². The molecule has 10 heteroatoms. The number of carbonyl (C=O) groups is 2. The van der Waals surface area contributed by atoms with Crippen molar-refractivity contribution in [1.29, 1.82) is 0 Å². The van der Waals surface area contributed by atoms with Crippen LogP contribution in [0.25, 0.3) is 10.2 Å². The molecular formula is C23H31F3N4O2S. The number of pyridine rings is 1. The minimum Gasteiger partial charge on any atom is -0.355 e. The fraction of sp³-hybridized carbons (Fsp3) is 0.609. The molecule has 3 rings (SSSR count). The molecule has 0 bridgehead atoms. The lowest BCUT2D eigenvalue weighted by atomic mass is 9.91. The van der Waals surface area contributed by atoms with E-state index >= 15 is 0 Å². The van der Waals surface area contributed by atoms with E-state index in [9.17, 15) is 22.8 Å². The van der Waals surface area contributed by atoms with Gasteiger partial charge in [-0.1, -0.05) is 13.8 Å². The molecule has 0 radical (unpaired) electrons. The summed E-state index contributed by atoms with van der Waals surface area (Å²) in [5, 5.41) is 3.61. The SMILES string of the molecule is Cc1c(C(=O)N2CCC(C(=O)NCC(C)(C)CN(C)C)CC2)sc2nc(C(F)(F)F)ccc12. The van der Waals surface area contributed by atoms with Crippen molar-refractivity contribution in [2.75, 3.05) is 40.3 Å². The highest BCUT2D eigenvalue weighted by Gasteiger charge is 2.34. The van der Waals surface area contributed by atoms with Gasteiger partial charge in [-0.2, -0.15) is 13.2 Å². The number of aromatic nitrogens is 1. The number of hydrogen-bond donors (Lipinski definition) is 1. The zero-order chi connectivity index (χ0) is 24.6. The molecule has 33 heavy (non-hydrogen) atoms. The predicted octanol–water partition coefficient (Wildman–Crippen LogP) is 4.18. The lowest BCUT2D eigenvalue weighted by molar-refractivity contribution is -0.141. The van der Waals surface area contributed by atoms with E-state index in [0.717, 1.165) is 23.9 Å². The number of nitrogens with one attached hydrogen (secondary N) is 1. The van der Waals surface area contributed by atoms with Crippen molar-refractivity contribution in [1.82, 2.24) is 20.1 Å². The van der Waals surface area contributed by atoms with Gasteiger partial charge in [0.2, 0.25) is 5.91 Å². The van der Waals surface area contributed by atoms with Crippen LogP contribution in [0.3, 0.4) is 0 Å². The maximum atomic E-state index is 13.1. The Morgan fingerprint density at radius 1 is 1.21 bits per heavy atom. The van der Waals surface area contributed by atoms with E-state index < -0.39 is 11.9 Å². The average molecular weight is 485 g/mol. The Bertz CT molecular complexity index is 1020. The van der Waals surface area contributed by atoms with E-state index in [1.165, 1.54) is 6.07 Å². The fourth-order valence-electron chi connectivity index (χ4n) is 4.33. The Hall–Kier alpha value is -2.20. The monoisotopic (exact) mass is 484 g/mol. The van der Waals surface area contributed by atoms with Crippen molar-refractivity contribution in [3.05, 3.63) is 28.3 Å². The first-order valence-corrected chi connectivity index (χ1v) is 11.8. The largest absolute Gasteiger partial charge is 0.433 e. The fourth-order valence-corrected chi connectivity index (χ4v) is 5.48. The van der Waals surface area contributed by atoms with Gasteiger partial charge in [0.25, 0.3) is 5.91 Å². The molecule has 3 heterocycles. The molecule has 1 fully saturated rings. The number of thiophene rings is 1. The lowest BCUT2D eigenvalue weighted by Crippen LogP contribution is -2.46. The molecule has 6 nitrogen and oxygen atoms in total. The molecule has 2 aromatic rings. The van der Waals surface area contributed by atoms with Gasteiger partial charge in [-0.3, -0.25) is 9.59 Å². The molecule has 0 saturated carbocycles. The van der Waals surface area contributed by atoms with E-state index in [0.29, 0.717) is 48.3 Å². The van der Waals surface area contributed by atoms with Gasteiger partial charge in [-0.05, 0) is 57.0 Å². The van der Waals surface area contributed by atoms with Crippen LogP contribution in [0.5, 0.6) is 0 Å². The van der Waals surface area contributed by atoms with Crippen molar-refractivity contribution in [2.24, 2.45) is 11.3 Å². The summed E-state index contributed by atoms with van der Waals surface area (Å²) in [5.74, 6) is -0.352. The smallest absolute Gasteiger partial charge is 0.355 e. The summed E-state index contributed by atoms with van der Waals surface area (Å²) in [4.78, 5) is 33.8. The highest BCUT2D eigenvalue weighted by Crippen LogP contribution is 2.35. The quantitative estimate of drug-likeness (QED) is 0.668. The van der Waals surface area contributed by atoms with E-state index in [-0.39, 0.29) is 28.0 Å². The number of aryl methyl sites for hydroxylation is 1. The molecule has 0 spiro atoms. The summed E-state index contributed by atoms with van der Waals surface area (Å²) in [6, 6.07) is 2.32. The van der Waals surface area contributed by atoms with Crippen LogP contribution >= 0.6 is 11.3 Å². The standard InChI is InChI=1S/C23H31F3N4O2S/c1-14-16-6-7-17(23(24,25)26)28-20(16)33-18(14)21(32)30-10-8-15(9-11-30)19(31)27-12-22(2,3)13-29(4)5/h6-7,15H,8-13H2,1-5H3,(H,27,31). The molecule has 1 aliphatic heterocycles. The van der Waals surface area contributed by atoms with Crippen LogP contribution in [-0.2, 0) is 11.0 Å². The molecule has 182 valence electrons. The summed E-state index contributed by atoms with van der Waals surface area (Å²) in [7, 11) is 4.00. The van der Waals surface area contributed by atoms with E-state index in [1.54, 1.807) is 11.8 Å². The van der Waals surface area contributed by atoms with Crippen LogP contribution in [0, 0.1) is 18.3 Å². The molecule has 0 aliphatic carbocycles. The third kappa shape index (κ3) is 6.03. The van der Waals surface area contributed by atoms with Gasteiger partial charge < -0.3 is 15.1 Å². The first kappa shape index (κ1) is 25.4. The van der Waals surface area contributed by atoms with E-state index in [1.807, 2.05) is 14.1 Å².